The highest BCUT2D eigenvalue weighted by atomic mass is 16.5. The van der Waals surface area contributed by atoms with Crippen molar-refractivity contribution in [2.75, 3.05) is 19.6 Å². The van der Waals surface area contributed by atoms with Crippen LogP contribution in [0.4, 0.5) is 0 Å². The van der Waals surface area contributed by atoms with Crippen LogP contribution in [0.3, 0.4) is 0 Å². The Bertz CT molecular complexity index is 717. The highest BCUT2D eigenvalue weighted by molar-refractivity contribution is 5.42. The zero-order valence-corrected chi connectivity index (χ0v) is 14.9. The van der Waals surface area contributed by atoms with Gasteiger partial charge in [0.2, 0.25) is 0 Å². The van der Waals surface area contributed by atoms with E-state index in [0.717, 1.165) is 43.3 Å². The standard InChI is InChI=1S/C22H27NO2/c1-16-2-4-17(5-3-16)12-18-8-10-23(11-9-18)15-21-14-19-13-20(24)6-7-22(19)25-21/h2-7,13,18,21,24H,8-12,14-15H2,1H3. The molecule has 1 fully saturated rings. The Morgan fingerprint density at radius 2 is 1.84 bits per heavy atom. The Kier molecular flexibility index (Phi) is 4.67. The van der Waals surface area contributed by atoms with Gasteiger partial charge >= 0.3 is 0 Å². The first-order chi connectivity index (χ1) is 12.2. The van der Waals surface area contributed by atoms with Gasteiger partial charge in [0.05, 0.1) is 0 Å². The third-order valence-electron chi connectivity index (χ3n) is 5.60. The van der Waals surface area contributed by atoms with Gasteiger partial charge in [0, 0.05) is 18.5 Å². The van der Waals surface area contributed by atoms with Crippen LogP contribution in [0.2, 0.25) is 0 Å². The van der Waals surface area contributed by atoms with Crippen molar-refractivity contribution in [2.45, 2.75) is 38.7 Å². The number of phenols is 1. The molecule has 1 atom stereocenters. The first-order valence-corrected chi connectivity index (χ1v) is 9.42. The predicted molar refractivity (Wildman–Crippen MR) is 100 cm³/mol. The molecule has 0 radical (unpaired) electrons. The molecule has 2 heterocycles. The Morgan fingerprint density at radius 3 is 2.60 bits per heavy atom. The van der Waals surface area contributed by atoms with Crippen LogP contribution >= 0.6 is 0 Å². The minimum Gasteiger partial charge on any atom is -0.508 e. The van der Waals surface area contributed by atoms with Gasteiger partial charge in [-0.15, -0.1) is 0 Å². The molecule has 25 heavy (non-hydrogen) atoms. The minimum absolute atomic E-state index is 0.227. The Labute approximate surface area is 150 Å². The van der Waals surface area contributed by atoms with Gasteiger partial charge in [0.15, 0.2) is 0 Å². The van der Waals surface area contributed by atoms with E-state index in [9.17, 15) is 5.11 Å². The third-order valence-corrected chi connectivity index (χ3v) is 5.60. The molecule has 0 aliphatic carbocycles. The number of aromatic hydroxyl groups is 1. The number of ether oxygens (including phenoxy) is 1. The lowest BCUT2D eigenvalue weighted by Gasteiger charge is -2.33. The number of aryl methyl sites for hydroxylation is 1. The predicted octanol–water partition coefficient (Wildman–Crippen LogP) is 3.96. The van der Waals surface area contributed by atoms with Crippen LogP contribution in [0.1, 0.15) is 29.5 Å². The molecule has 1 saturated heterocycles. The number of piperidine rings is 1. The molecule has 0 bridgehead atoms. The van der Waals surface area contributed by atoms with Gasteiger partial charge in [0.25, 0.3) is 0 Å². The van der Waals surface area contributed by atoms with Crippen molar-refractivity contribution in [3.05, 3.63) is 59.2 Å². The van der Waals surface area contributed by atoms with E-state index in [0.29, 0.717) is 5.75 Å². The molecule has 0 spiro atoms. The Balaban J connectivity index is 1.25. The highest BCUT2D eigenvalue weighted by Gasteiger charge is 2.27. The second-order valence-corrected chi connectivity index (χ2v) is 7.67. The summed E-state index contributed by atoms with van der Waals surface area (Å²) in [5.41, 5.74) is 3.95. The molecule has 0 amide bonds. The first kappa shape index (κ1) is 16.5. The molecular formula is C22H27NO2. The zero-order valence-electron chi connectivity index (χ0n) is 14.9. The summed E-state index contributed by atoms with van der Waals surface area (Å²) in [5, 5.41) is 9.60. The lowest BCUT2D eigenvalue weighted by Crippen LogP contribution is -2.40. The van der Waals surface area contributed by atoms with E-state index >= 15 is 0 Å². The molecule has 0 saturated carbocycles. The van der Waals surface area contributed by atoms with Gasteiger partial charge in [-0.1, -0.05) is 29.8 Å². The molecule has 2 aliphatic rings. The van der Waals surface area contributed by atoms with Crippen molar-refractivity contribution in [3.8, 4) is 11.5 Å². The molecule has 0 aromatic heterocycles. The maximum absolute atomic E-state index is 9.60. The van der Waals surface area contributed by atoms with E-state index in [1.807, 2.05) is 12.1 Å². The monoisotopic (exact) mass is 337 g/mol. The quantitative estimate of drug-likeness (QED) is 0.917. The summed E-state index contributed by atoms with van der Waals surface area (Å²) in [6, 6.07) is 14.4. The lowest BCUT2D eigenvalue weighted by atomic mass is 9.90. The van der Waals surface area contributed by atoms with Crippen LogP contribution in [-0.2, 0) is 12.8 Å². The normalized spacial score (nSPS) is 21.1. The second-order valence-electron chi connectivity index (χ2n) is 7.67. The number of nitrogens with zero attached hydrogens (tertiary/aromatic N) is 1. The van der Waals surface area contributed by atoms with E-state index in [1.165, 1.54) is 30.4 Å². The maximum Gasteiger partial charge on any atom is 0.123 e. The molecule has 1 N–H and O–H groups in total. The molecule has 3 nitrogen and oxygen atoms in total. The minimum atomic E-state index is 0.227. The molecule has 4 rings (SSSR count). The summed E-state index contributed by atoms with van der Waals surface area (Å²) in [7, 11) is 0. The number of hydrogen-bond acceptors (Lipinski definition) is 3. The van der Waals surface area contributed by atoms with Gasteiger partial charge in [-0.3, -0.25) is 4.90 Å². The summed E-state index contributed by atoms with van der Waals surface area (Å²) in [4.78, 5) is 2.54. The summed E-state index contributed by atoms with van der Waals surface area (Å²) in [6.07, 6.45) is 4.89. The second kappa shape index (κ2) is 7.09. The van der Waals surface area contributed by atoms with Crippen LogP contribution in [0.25, 0.3) is 0 Å². The number of likely N-dealkylation sites (tertiary alicyclic amines) is 1. The number of hydrogen-bond donors (Lipinski definition) is 1. The van der Waals surface area contributed by atoms with Crippen molar-refractivity contribution in [2.24, 2.45) is 5.92 Å². The van der Waals surface area contributed by atoms with Crippen molar-refractivity contribution < 1.29 is 9.84 Å². The van der Waals surface area contributed by atoms with Gasteiger partial charge in [-0.25, -0.2) is 0 Å². The molecule has 2 aromatic rings. The zero-order chi connectivity index (χ0) is 17.2. The average Bonchev–Trinajstić information content (AvgIpc) is 3.00. The summed E-state index contributed by atoms with van der Waals surface area (Å²) >= 11 is 0. The van der Waals surface area contributed by atoms with Crippen LogP contribution in [0.5, 0.6) is 11.5 Å². The highest BCUT2D eigenvalue weighted by Crippen LogP contribution is 2.32. The largest absolute Gasteiger partial charge is 0.508 e. The van der Waals surface area contributed by atoms with Gasteiger partial charge in [0.1, 0.15) is 17.6 Å². The van der Waals surface area contributed by atoms with Crippen LogP contribution < -0.4 is 4.74 Å². The molecule has 132 valence electrons. The van der Waals surface area contributed by atoms with Crippen molar-refractivity contribution in [1.29, 1.82) is 0 Å². The van der Waals surface area contributed by atoms with E-state index in [-0.39, 0.29) is 6.10 Å². The SMILES string of the molecule is Cc1ccc(CC2CCN(CC3Cc4cc(O)ccc4O3)CC2)cc1. The molecule has 1 unspecified atom stereocenters. The number of rotatable bonds is 4. The lowest BCUT2D eigenvalue weighted by molar-refractivity contribution is 0.117. The number of benzene rings is 2. The van der Waals surface area contributed by atoms with E-state index in [4.69, 9.17) is 4.74 Å². The maximum atomic E-state index is 9.60. The molecule has 2 aliphatic heterocycles. The summed E-state index contributed by atoms with van der Waals surface area (Å²) in [6.45, 7) is 5.47. The summed E-state index contributed by atoms with van der Waals surface area (Å²) in [5.74, 6) is 2.08. The van der Waals surface area contributed by atoms with Crippen LogP contribution in [0.15, 0.2) is 42.5 Å². The van der Waals surface area contributed by atoms with Crippen molar-refractivity contribution in [3.63, 3.8) is 0 Å². The van der Waals surface area contributed by atoms with Gasteiger partial charge in [-0.2, -0.15) is 0 Å². The Morgan fingerprint density at radius 1 is 1.08 bits per heavy atom. The molecule has 3 heteroatoms. The third kappa shape index (κ3) is 3.98. The fraction of sp³-hybridized carbons (Fsp3) is 0.455. The summed E-state index contributed by atoms with van der Waals surface area (Å²) < 4.78 is 6.05. The van der Waals surface area contributed by atoms with Crippen molar-refractivity contribution in [1.82, 2.24) is 4.90 Å². The number of fused-ring (bicyclic) bond motifs is 1. The molecular weight excluding hydrogens is 310 g/mol. The average molecular weight is 337 g/mol. The molecule has 2 aromatic carbocycles. The number of phenolic OH excluding ortho intramolecular Hbond substituents is 1. The van der Waals surface area contributed by atoms with Crippen LogP contribution in [-0.4, -0.2) is 35.7 Å². The van der Waals surface area contributed by atoms with Crippen LogP contribution in [0, 0.1) is 12.8 Å². The van der Waals surface area contributed by atoms with Gasteiger partial charge in [-0.05, 0) is 69.0 Å². The smallest absolute Gasteiger partial charge is 0.123 e. The van der Waals surface area contributed by atoms with E-state index in [2.05, 4.69) is 36.1 Å². The van der Waals surface area contributed by atoms with E-state index < -0.39 is 0 Å². The fourth-order valence-corrected chi connectivity index (χ4v) is 4.13. The first-order valence-electron chi connectivity index (χ1n) is 9.42. The van der Waals surface area contributed by atoms with Gasteiger partial charge < -0.3 is 9.84 Å². The topological polar surface area (TPSA) is 32.7 Å². The van der Waals surface area contributed by atoms with E-state index in [1.54, 1.807) is 6.07 Å². The Hall–Kier alpha value is -2.00. The fourth-order valence-electron chi connectivity index (χ4n) is 4.13. The van der Waals surface area contributed by atoms with Crippen molar-refractivity contribution >= 4 is 0 Å².